The molecule has 0 atom stereocenters. The highest BCUT2D eigenvalue weighted by atomic mass is 32.2. The van der Waals surface area contributed by atoms with Crippen LogP contribution in [0.3, 0.4) is 0 Å². The van der Waals surface area contributed by atoms with E-state index in [1.54, 1.807) is 6.92 Å². The van der Waals surface area contributed by atoms with E-state index in [9.17, 15) is 13.2 Å². The third-order valence-corrected chi connectivity index (χ3v) is 2.90. The number of carbonyl (C=O) groups excluding carboxylic acids is 1. The lowest BCUT2D eigenvalue weighted by Gasteiger charge is -1.96. The van der Waals surface area contributed by atoms with Crippen LogP contribution in [0.15, 0.2) is 5.38 Å². The average molecular weight is 263 g/mol. The number of hydrogen-bond acceptors (Lipinski definition) is 6. The van der Waals surface area contributed by atoms with Crippen molar-refractivity contribution in [3.05, 3.63) is 16.1 Å². The van der Waals surface area contributed by atoms with Gasteiger partial charge >= 0.3 is 5.97 Å². The Labute approximate surface area is 97.7 Å². The van der Waals surface area contributed by atoms with Gasteiger partial charge in [-0.25, -0.2) is 18.2 Å². The maximum absolute atomic E-state index is 11.2. The van der Waals surface area contributed by atoms with Crippen molar-refractivity contribution >= 4 is 27.3 Å². The van der Waals surface area contributed by atoms with E-state index in [2.05, 4.69) is 9.71 Å². The molecule has 0 unspecified atom stereocenters. The van der Waals surface area contributed by atoms with Crippen molar-refractivity contribution in [2.45, 2.75) is 13.5 Å². The quantitative estimate of drug-likeness (QED) is 0.717. The molecule has 1 rings (SSSR count). The zero-order chi connectivity index (χ0) is 12.2. The fourth-order valence-corrected chi connectivity index (χ4v) is 1.98. The summed E-state index contributed by atoms with van der Waals surface area (Å²) in [7, 11) is -3.37. The Balaban J connectivity index is 2.61. The Hall–Kier alpha value is -0.990. The summed E-state index contributed by atoms with van der Waals surface area (Å²) in [6.45, 7) is 1.94. The molecule has 0 fully saturated rings. The largest absolute Gasteiger partial charge is 0.461 e. The SMILES string of the molecule is CCOC(=O)c1csc(C[N]S(C)(=O)=O)n1. The van der Waals surface area contributed by atoms with E-state index in [-0.39, 0.29) is 18.8 Å². The van der Waals surface area contributed by atoms with Crippen LogP contribution in [0.25, 0.3) is 0 Å². The number of hydrogen-bond donors (Lipinski definition) is 0. The zero-order valence-electron chi connectivity index (χ0n) is 8.84. The monoisotopic (exact) mass is 263 g/mol. The zero-order valence-corrected chi connectivity index (χ0v) is 10.5. The lowest BCUT2D eigenvalue weighted by atomic mass is 10.5. The summed E-state index contributed by atoms with van der Waals surface area (Å²) >= 11 is 1.17. The Bertz CT molecular complexity index is 466. The van der Waals surface area contributed by atoms with Gasteiger partial charge in [-0.15, -0.1) is 16.1 Å². The number of carbonyl (C=O) groups is 1. The van der Waals surface area contributed by atoms with Gasteiger partial charge in [-0.05, 0) is 6.92 Å². The van der Waals surface area contributed by atoms with Crippen LogP contribution < -0.4 is 4.72 Å². The number of sulfonamides is 1. The summed E-state index contributed by atoms with van der Waals surface area (Å²) in [6, 6.07) is 0. The van der Waals surface area contributed by atoms with Gasteiger partial charge in [0.25, 0.3) is 0 Å². The van der Waals surface area contributed by atoms with Gasteiger partial charge in [0.1, 0.15) is 5.01 Å². The Morgan fingerprint density at radius 2 is 2.31 bits per heavy atom. The van der Waals surface area contributed by atoms with E-state index in [0.29, 0.717) is 5.01 Å². The van der Waals surface area contributed by atoms with Crippen LogP contribution in [0.5, 0.6) is 0 Å². The van der Waals surface area contributed by atoms with Gasteiger partial charge < -0.3 is 4.74 Å². The van der Waals surface area contributed by atoms with Crippen LogP contribution in [-0.2, 0) is 21.3 Å². The number of rotatable bonds is 5. The molecule has 0 saturated heterocycles. The lowest BCUT2D eigenvalue weighted by molar-refractivity contribution is 0.0520. The highest BCUT2D eigenvalue weighted by Gasteiger charge is 2.12. The molecule has 0 aromatic carbocycles. The van der Waals surface area contributed by atoms with Gasteiger partial charge in [0, 0.05) is 5.38 Å². The smallest absolute Gasteiger partial charge is 0.357 e. The predicted octanol–water partition coefficient (Wildman–Crippen LogP) is 0.384. The van der Waals surface area contributed by atoms with E-state index in [1.807, 2.05) is 0 Å². The van der Waals surface area contributed by atoms with Crippen LogP contribution in [0.4, 0.5) is 0 Å². The topological polar surface area (TPSA) is 87.4 Å². The van der Waals surface area contributed by atoms with Crippen LogP contribution >= 0.6 is 11.3 Å². The van der Waals surface area contributed by atoms with Gasteiger partial charge in [-0.3, -0.25) is 0 Å². The van der Waals surface area contributed by atoms with Crippen LogP contribution in [-0.4, -0.2) is 32.2 Å². The Morgan fingerprint density at radius 1 is 1.62 bits per heavy atom. The maximum atomic E-state index is 11.2. The molecule has 0 saturated carbocycles. The minimum Gasteiger partial charge on any atom is -0.461 e. The van der Waals surface area contributed by atoms with Crippen LogP contribution in [0.1, 0.15) is 22.4 Å². The molecule has 0 aliphatic rings. The van der Waals surface area contributed by atoms with Crippen molar-refractivity contribution in [1.82, 2.24) is 9.71 Å². The molecular weight excluding hydrogens is 252 g/mol. The first-order valence-electron chi connectivity index (χ1n) is 4.42. The number of aromatic nitrogens is 1. The molecule has 0 amide bonds. The highest BCUT2D eigenvalue weighted by Crippen LogP contribution is 2.11. The number of thiazole rings is 1. The average Bonchev–Trinajstić information content (AvgIpc) is 2.62. The van der Waals surface area contributed by atoms with Gasteiger partial charge in [-0.2, -0.15) is 0 Å². The van der Waals surface area contributed by atoms with E-state index >= 15 is 0 Å². The van der Waals surface area contributed by atoms with Crippen molar-refractivity contribution in [3.63, 3.8) is 0 Å². The van der Waals surface area contributed by atoms with Crippen LogP contribution in [0, 0.1) is 0 Å². The first-order valence-corrected chi connectivity index (χ1v) is 7.15. The van der Waals surface area contributed by atoms with Crippen molar-refractivity contribution in [3.8, 4) is 0 Å². The normalized spacial score (nSPS) is 11.4. The molecule has 0 aliphatic carbocycles. The Kier molecular flexibility index (Phi) is 4.39. The van der Waals surface area contributed by atoms with E-state index in [0.717, 1.165) is 6.26 Å². The molecule has 0 bridgehead atoms. The summed E-state index contributed by atoms with van der Waals surface area (Å²) < 4.78 is 29.7. The van der Waals surface area contributed by atoms with Gasteiger partial charge in [0.05, 0.1) is 19.4 Å². The number of esters is 1. The third kappa shape index (κ3) is 4.25. The molecule has 1 heterocycles. The molecule has 89 valence electrons. The second-order valence-corrected chi connectivity index (χ2v) is 5.53. The van der Waals surface area contributed by atoms with Gasteiger partial charge in [0.15, 0.2) is 5.69 Å². The molecule has 1 aromatic rings. The minimum atomic E-state index is -3.37. The first-order chi connectivity index (χ1) is 7.42. The molecule has 6 nitrogen and oxygen atoms in total. The third-order valence-electron chi connectivity index (χ3n) is 1.47. The fraction of sp³-hybridized carbons (Fsp3) is 0.500. The van der Waals surface area contributed by atoms with Gasteiger partial charge in [-0.1, -0.05) is 0 Å². The van der Waals surface area contributed by atoms with Crippen molar-refractivity contribution in [1.29, 1.82) is 0 Å². The lowest BCUT2D eigenvalue weighted by Crippen LogP contribution is -2.13. The van der Waals surface area contributed by atoms with Gasteiger partial charge in [0.2, 0.25) is 10.0 Å². The summed E-state index contributed by atoms with van der Waals surface area (Å²) in [6.07, 6.45) is 1.01. The van der Waals surface area contributed by atoms with Crippen molar-refractivity contribution in [2.75, 3.05) is 12.9 Å². The molecule has 0 spiro atoms. The molecule has 16 heavy (non-hydrogen) atoms. The second kappa shape index (κ2) is 5.37. The molecule has 8 heteroatoms. The fourth-order valence-electron chi connectivity index (χ4n) is 0.855. The summed E-state index contributed by atoms with van der Waals surface area (Å²) in [4.78, 5) is 15.1. The van der Waals surface area contributed by atoms with E-state index in [4.69, 9.17) is 4.74 Å². The summed E-state index contributed by atoms with van der Waals surface area (Å²) in [5.41, 5.74) is 0.186. The van der Waals surface area contributed by atoms with Crippen molar-refractivity contribution in [2.24, 2.45) is 0 Å². The second-order valence-electron chi connectivity index (χ2n) is 2.87. The summed E-state index contributed by atoms with van der Waals surface area (Å²) in [5.74, 6) is -0.510. The van der Waals surface area contributed by atoms with Crippen LogP contribution in [0.2, 0.25) is 0 Å². The molecule has 1 radical (unpaired) electrons. The molecular formula is C8H11N2O4S2. The molecule has 0 N–H and O–H groups in total. The van der Waals surface area contributed by atoms with E-state index in [1.165, 1.54) is 16.7 Å². The predicted molar refractivity (Wildman–Crippen MR) is 58.8 cm³/mol. The standard InChI is InChI=1S/C8H11N2O4S2/c1-3-14-8(11)6-5-15-7(10-6)4-9-16(2,12)13/h5H,3-4H2,1-2H3. The first kappa shape index (κ1) is 13.1. The minimum absolute atomic E-state index is 0.0388. The number of nitrogens with zero attached hydrogens (tertiary/aromatic N) is 2. The summed E-state index contributed by atoms with van der Waals surface area (Å²) in [5, 5.41) is 1.99. The number of ether oxygens (including phenoxy) is 1. The maximum Gasteiger partial charge on any atom is 0.357 e. The highest BCUT2D eigenvalue weighted by molar-refractivity contribution is 7.88. The molecule has 1 aromatic heterocycles. The van der Waals surface area contributed by atoms with E-state index < -0.39 is 16.0 Å². The Morgan fingerprint density at radius 3 is 2.88 bits per heavy atom. The van der Waals surface area contributed by atoms with Crippen molar-refractivity contribution < 1.29 is 17.9 Å². The molecule has 0 aliphatic heterocycles.